The van der Waals surface area contributed by atoms with E-state index in [-0.39, 0.29) is 18.8 Å². The summed E-state index contributed by atoms with van der Waals surface area (Å²) >= 11 is 0. The van der Waals surface area contributed by atoms with Crippen molar-refractivity contribution in [3.8, 4) is 6.07 Å². The summed E-state index contributed by atoms with van der Waals surface area (Å²) in [5, 5.41) is 17.3. The zero-order valence-corrected chi connectivity index (χ0v) is 8.60. The Morgan fingerprint density at radius 2 is 2.07 bits per heavy atom. The van der Waals surface area contributed by atoms with Gasteiger partial charge in [-0.2, -0.15) is 5.26 Å². The molecule has 0 aliphatic heterocycles. The number of hydrogen-bond donors (Lipinski definition) is 1. The van der Waals surface area contributed by atoms with Gasteiger partial charge in [-0.15, -0.1) is 0 Å². The van der Waals surface area contributed by atoms with Gasteiger partial charge in [0.15, 0.2) is 0 Å². The van der Waals surface area contributed by atoms with Crippen LogP contribution in [0.3, 0.4) is 0 Å². The summed E-state index contributed by atoms with van der Waals surface area (Å²) in [4.78, 5) is 10.6. The van der Waals surface area contributed by atoms with Gasteiger partial charge in [0.1, 0.15) is 0 Å². The van der Waals surface area contributed by atoms with Gasteiger partial charge in [-0.3, -0.25) is 4.79 Å². The molecule has 0 saturated heterocycles. The maximum absolute atomic E-state index is 10.6. The number of nitriles is 1. The van der Waals surface area contributed by atoms with E-state index in [1.165, 1.54) is 0 Å². The Kier molecular flexibility index (Phi) is 3.87. The highest BCUT2D eigenvalue weighted by atomic mass is 16.4. The average Bonchev–Trinajstić information content (AvgIpc) is 2.17. The smallest absolute Gasteiger partial charge is 0.303 e. The SMILES string of the molecule is Cc1ccc([C@@H](CC#N)CC(=O)O)cc1. The lowest BCUT2D eigenvalue weighted by Gasteiger charge is -2.11. The predicted octanol–water partition coefficient (Wildman–Crippen LogP) is 2.47. The van der Waals surface area contributed by atoms with E-state index in [1.807, 2.05) is 37.3 Å². The first-order valence-electron chi connectivity index (χ1n) is 4.78. The molecule has 15 heavy (non-hydrogen) atoms. The van der Waals surface area contributed by atoms with Crippen molar-refractivity contribution >= 4 is 5.97 Å². The molecular formula is C12H13NO2. The number of carboxylic acid groups (broad SMARTS) is 1. The van der Waals surface area contributed by atoms with Crippen LogP contribution in [0.2, 0.25) is 0 Å². The molecule has 78 valence electrons. The number of aryl methyl sites for hydroxylation is 1. The molecule has 1 aromatic carbocycles. The van der Waals surface area contributed by atoms with Crippen molar-refractivity contribution in [3.05, 3.63) is 35.4 Å². The van der Waals surface area contributed by atoms with Gasteiger partial charge in [-0.05, 0) is 12.5 Å². The van der Waals surface area contributed by atoms with Gasteiger partial charge < -0.3 is 5.11 Å². The van der Waals surface area contributed by atoms with Gasteiger partial charge in [0.05, 0.1) is 12.5 Å². The quantitative estimate of drug-likeness (QED) is 0.817. The van der Waals surface area contributed by atoms with Crippen LogP contribution in [-0.4, -0.2) is 11.1 Å². The molecule has 1 rings (SSSR count). The molecular weight excluding hydrogens is 190 g/mol. The number of hydrogen-bond acceptors (Lipinski definition) is 2. The van der Waals surface area contributed by atoms with Crippen LogP contribution in [-0.2, 0) is 4.79 Å². The predicted molar refractivity (Wildman–Crippen MR) is 56.4 cm³/mol. The third-order valence-corrected chi connectivity index (χ3v) is 2.31. The Balaban J connectivity index is 2.84. The highest BCUT2D eigenvalue weighted by molar-refractivity contribution is 5.68. The molecule has 0 aromatic heterocycles. The second kappa shape index (κ2) is 5.16. The molecule has 1 aromatic rings. The molecule has 0 radical (unpaired) electrons. The van der Waals surface area contributed by atoms with Crippen LogP contribution in [0.5, 0.6) is 0 Å². The third kappa shape index (κ3) is 3.43. The van der Waals surface area contributed by atoms with Crippen molar-refractivity contribution in [2.45, 2.75) is 25.7 Å². The van der Waals surface area contributed by atoms with Crippen LogP contribution in [0.1, 0.15) is 29.9 Å². The van der Waals surface area contributed by atoms with Crippen molar-refractivity contribution in [1.82, 2.24) is 0 Å². The second-order valence-corrected chi connectivity index (χ2v) is 3.57. The summed E-state index contributed by atoms with van der Waals surface area (Å²) in [6.07, 6.45) is 0.256. The first kappa shape index (κ1) is 11.3. The summed E-state index contributed by atoms with van der Waals surface area (Å²) < 4.78 is 0. The Morgan fingerprint density at radius 1 is 1.47 bits per heavy atom. The third-order valence-electron chi connectivity index (χ3n) is 2.31. The van der Waals surface area contributed by atoms with Gasteiger partial charge in [-0.25, -0.2) is 0 Å². The fourth-order valence-electron chi connectivity index (χ4n) is 1.47. The molecule has 0 aliphatic carbocycles. The van der Waals surface area contributed by atoms with Gasteiger partial charge >= 0.3 is 5.97 Å². The van der Waals surface area contributed by atoms with E-state index in [0.29, 0.717) is 0 Å². The van der Waals surface area contributed by atoms with Crippen molar-refractivity contribution in [1.29, 1.82) is 5.26 Å². The lowest BCUT2D eigenvalue weighted by Crippen LogP contribution is -2.05. The minimum atomic E-state index is -0.865. The lowest BCUT2D eigenvalue weighted by atomic mass is 9.92. The molecule has 0 spiro atoms. The van der Waals surface area contributed by atoms with E-state index in [4.69, 9.17) is 10.4 Å². The largest absolute Gasteiger partial charge is 0.481 e. The first-order chi connectivity index (χ1) is 7.13. The van der Waals surface area contributed by atoms with Crippen LogP contribution in [0.15, 0.2) is 24.3 Å². The van der Waals surface area contributed by atoms with E-state index < -0.39 is 5.97 Å². The fraction of sp³-hybridized carbons (Fsp3) is 0.333. The van der Waals surface area contributed by atoms with Crippen molar-refractivity contribution in [2.24, 2.45) is 0 Å². The molecule has 0 aliphatic rings. The summed E-state index contributed by atoms with van der Waals surface area (Å²) in [6, 6.07) is 9.67. The average molecular weight is 203 g/mol. The van der Waals surface area contributed by atoms with E-state index in [9.17, 15) is 4.79 Å². The minimum absolute atomic E-state index is 0.0105. The van der Waals surface area contributed by atoms with Crippen LogP contribution in [0, 0.1) is 18.3 Å². The molecule has 1 N–H and O–H groups in total. The van der Waals surface area contributed by atoms with E-state index >= 15 is 0 Å². The van der Waals surface area contributed by atoms with Gasteiger partial charge in [0.2, 0.25) is 0 Å². The number of carbonyl (C=O) groups is 1. The molecule has 0 saturated carbocycles. The Labute approximate surface area is 89.0 Å². The summed E-state index contributed by atoms with van der Waals surface area (Å²) in [5.41, 5.74) is 2.05. The zero-order valence-electron chi connectivity index (χ0n) is 8.60. The van der Waals surface area contributed by atoms with Crippen LogP contribution in [0.4, 0.5) is 0 Å². The molecule has 0 unspecified atom stereocenters. The van der Waals surface area contributed by atoms with Crippen molar-refractivity contribution < 1.29 is 9.90 Å². The molecule has 3 nitrogen and oxygen atoms in total. The first-order valence-corrected chi connectivity index (χ1v) is 4.78. The number of benzene rings is 1. The molecule has 1 atom stereocenters. The van der Waals surface area contributed by atoms with Crippen molar-refractivity contribution in [3.63, 3.8) is 0 Å². The molecule has 0 bridgehead atoms. The molecule has 0 amide bonds. The molecule has 0 heterocycles. The van der Waals surface area contributed by atoms with Crippen LogP contribution in [0.25, 0.3) is 0 Å². The number of aliphatic carboxylic acids is 1. The van der Waals surface area contributed by atoms with Crippen LogP contribution >= 0.6 is 0 Å². The Bertz CT molecular complexity index is 376. The Hall–Kier alpha value is -1.82. The van der Waals surface area contributed by atoms with Crippen molar-refractivity contribution in [2.75, 3.05) is 0 Å². The fourth-order valence-corrected chi connectivity index (χ4v) is 1.47. The number of rotatable bonds is 4. The maximum Gasteiger partial charge on any atom is 0.303 e. The molecule has 3 heteroatoms. The van der Waals surface area contributed by atoms with Gasteiger partial charge in [0.25, 0.3) is 0 Å². The second-order valence-electron chi connectivity index (χ2n) is 3.57. The standard InChI is InChI=1S/C12H13NO2/c1-9-2-4-10(5-3-9)11(6-7-13)8-12(14)15/h2-5,11H,6,8H2,1H3,(H,14,15)/t11-/m0/s1. The molecule has 0 fully saturated rings. The van der Waals surface area contributed by atoms with E-state index in [0.717, 1.165) is 11.1 Å². The zero-order chi connectivity index (χ0) is 11.3. The van der Waals surface area contributed by atoms with E-state index in [1.54, 1.807) is 0 Å². The van der Waals surface area contributed by atoms with Gasteiger partial charge in [-0.1, -0.05) is 29.8 Å². The Morgan fingerprint density at radius 3 is 2.53 bits per heavy atom. The van der Waals surface area contributed by atoms with E-state index in [2.05, 4.69) is 0 Å². The highest BCUT2D eigenvalue weighted by Crippen LogP contribution is 2.23. The minimum Gasteiger partial charge on any atom is -0.481 e. The summed E-state index contributed by atoms with van der Waals surface area (Å²) in [6.45, 7) is 1.97. The normalized spacial score (nSPS) is 11.7. The number of nitrogens with zero attached hydrogens (tertiary/aromatic N) is 1. The topological polar surface area (TPSA) is 61.1 Å². The lowest BCUT2D eigenvalue weighted by molar-refractivity contribution is -0.137. The summed E-state index contributed by atoms with van der Waals surface area (Å²) in [7, 11) is 0. The maximum atomic E-state index is 10.6. The van der Waals surface area contributed by atoms with Crippen LogP contribution < -0.4 is 0 Å². The highest BCUT2D eigenvalue weighted by Gasteiger charge is 2.14. The monoisotopic (exact) mass is 203 g/mol. The summed E-state index contributed by atoms with van der Waals surface area (Å²) in [5.74, 6) is -1.07. The number of carboxylic acids is 1. The van der Waals surface area contributed by atoms with Gasteiger partial charge in [0, 0.05) is 12.3 Å².